The summed E-state index contributed by atoms with van der Waals surface area (Å²) >= 11 is 4.74. The molecule has 0 atom stereocenters. The van der Waals surface area contributed by atoms with E-state index in [9.17, 15) is 8.42 Å². The summed E-state index contributed by atoms with van der Waals surface area (Å²) in [5.74, 6) is 0.0690. The molecule has 0 aliphatic rings. The van der Waals surface area contributed by atoms with Crippen molar-refractivity contribution in [3.05, 3.63) is 9.14 Å². The van der Waals surface area contributed by atoms with Crippen molar-refractivity contribution in [2.45, 2.75) is 0 Å². The fourth-order valence-corrected chi connectivity index (χ4v) is 2.69. The molecule has 0 fully saturated rings. The Hall–Kier alpha value is 1.01. The molecule has 0 aliphatic carbocycles. The Kier molecular flexibility index (Phi) is 10.2. The van der Waals surface area contributed by atoms with Crippen molar-refractivity contribution in [1.29, 1.82) is 10.5 Å². The van der Waals surface area contributed by atoms with Crippen molar-refractivity contribution in [3.8, 4) is 12.1 Å². The monoisotopic (exact) mass is 274 g/mol. The van der Waals surface area contributed by atoms with Crippen LogP contribution in [-0.2, 0) is 9.84 Å². The van der Waals surface area contributed by atoms with Crippen LogP contribution in [0.15, 0.2) is 9.14 Å². The first-order valence-corrected chi connectivity index (χ1v) is 6.29. The van der Waals surface area contributed by atoms with E-state index in [2.05, 4.69) is 12.6 Å². The second-order valence-electron chi connectivity index (χ2n) is 1.97. The number of hydrogen-bond donors (Lipinski definition) is 1. The zero-order chi connectivity index (χ0) is 10.5. The fraction of sp³-hybridized carbons (Fsp3) is 0.333. The average Bonchev–Trinajstić information content (AvgIpc) is 1.99. The Balaban J connectivity index is 0. The molecule has 0 aromatic carbocycles. The van der Waals surface area contributed by atoms with Crippen molar-refractivity contribution < 1.29 is 8.42 Å². The van der Waals surface area contributed by atoms with E-state index >= 15 is 0 Å². The van der Waals surface area contributed by atoms with Crippen molar-refractivity contribution in [3.63, 3.8) is 0 Å². The first-order chi connectivity index (χ1) is 5.93. The second-order valence-corrected chi connectivity index (χ2v) is 5.65. The molecule has 0 bridgehead atoms. The van der Waals surface area contributed by atoms with Gasteiger partial charge in [-0.1, -0.05) is 0 Å². The second kappa shape index (κ2) is 8.19. The zero-order valence-corrected chi connectivity index (χ0v) is 9.21. The van der Waals surface area contributed by atoms with Crippen molar-refractivity contribution in [2.24, 2.45) is 0 Å². The van der Waals surface area contributed by atoms with E-state index in [1.54, 1.807) is 6.07 Å². The molecule has 0 N–H and O–H groups in total. The third kappa shape index (κ3) is 6.48. The van der Waals surface area contributed by atoms with Crippen LogP contribution >= 0.6 is 24.4 Å². The van der Waals surface area contributed by atoms with Crippen molar-refractivity contribution in [2.75, 3.05) is 12.0 Å². The van der Waals surface area contributed by atoms with Gasteiger partial charge in [0.25, 0.3) is 0 Å². The molecule has 0 saturated heterocycles. The Morgan fingerprint density at radius 1 is 1.50 bits per heavy atom. The zero-order valence-electron chi connectivity index (χ0n) is 6.68. The molecule has 0 unspecified atom stereocenters. The number of sulfone groups is 1. The number of nitrogens with zero attached hydrogens (tertiary/aromatic N) is 2. The summed E-state index contributed by atoms with van der Waals surface area (Å²) in [5, 5.41) is 16.7. The van der Waals surface area contributed by atoms with Gasteiger partial charge in [0.1, 0.15) is 6.07 Å². The van der Waals surface area contributed by atoms with Gasteiger partial charge in [0, 0.05) is 6.26 Å². The van der Waals surface area contributed by atoms with Gasteiger partial charge in [-0.2, -0.15) is 10.5 Å². The summed E-state index contributed by atoms with van der Waals surface area (Å²) in [7, 11) is -3.53. The summed E-state index contributed by atoms with van der Waals surface area (Å²) in [5.41, 5.74) is 0. The van der Waals surface area contributed by atoms with Crippen LogP contribution in [0.25, 0.3) is 0 Å². The Labute approximate surface area is 135 Å². The van der Waals surface area contributed by atoms with Crippen LogP contribution in [0, 0.1) is 22.7 Å². The standard InChI is InChI=1S/C6H6N2O2S3.K.H/c1-13(9,10)5(4-8)6(11)12-3-2-7;;/h11H,3H2,1H3;;/b6-5-;;. The van der Waals surface area contributed by atoms with E-state index in [1.165, 1.54) is 6.07 Å². The first-order valence-electron chi connectivity index (χ1n) is 2.96. The van der Waals surface area contributed by atoms with Crippen LogP contribution in [-0.4, -0.2) is 71.8 Å². The van der Waals surface area contributed by atoms with Gasteiger partial charge in [-0.25, -0.2) is 8.42 Å². The molecule has 0 spiro atoms. The Morgan fingerprint density at radius 2 is 2.00 bits per heavy atom. The van der Waals surface area contributed by atoms with E-state index < -0.39 is 14.7 Å². The van der Waals surface area contributed by atoms with E-state index in [1.807, 2.05) is 0 Å². The molecule has 0 aromatic heterocycles. The van der Waals surface area contributed by atoms with Gasteiger partial charge in [0.15, 0.2) is 14.7 Å². The van der Waals surface area contributed by atoms with Gasteiger partial charge in [-0.15, -0.1) is 24.4 Å². The molecule has 4 nitrogen and oxygen atoms in total. The fourth-order valence-electron chi connectivity index (χ4n) is 0.456. The van der Waals surface area contributed by atoms with E-state index in [0.717, 1.165) is 18.0 Å². The molecule has 8 heteroatoms. The first kappa shape index (κ1) is 17.4. The quantitative estimate of drug-likeness (QED) is 0.453. The van der Waals surface area contributed by atoms with Gasteiger partial charge >= 0.3 is 51.4 Å². The maximum atomic E-state index is 10.9. The van der Waals surface area contributed by atoms with Gasteiger partial charge in [-0.05, 0) is 0 Å². The van der Waals surface area contributed by atoms with Crippen LogP contribution in [0.3, 0.4) is 0 Å². The predicted octanol–water partition coefficient (Wildman–Crippen LogP) is 0.262. The van der Waals surface area contributed by atoms with Crippen LogP contribution in [0.2, 0.25) is 0 Å². The van der Waals surface area contributed by atoms with Crippen LogP contribution in [0.4, 0.5) is 0 Å². The van der Waals surface area contributed by atoms with Crippen molar-refractivity contribution in [1.82, 2.24) is 0 Å². The van der Waals surface area contributed by atoms with Gasteiger partial charge in [-0.3, -0.25) is 0 Å². The van der Waals surface area contributed by atoms with E-state index in [0.29, 0.717) is 0 Å². The third-order valence-corrected chi connectivity index (χ3v) is 3.62. The van der Waals surface area contributed by atoms with E-state index in [-0.39, 0.29) is 61.4 Å². The number of nitriles is 2. The SMILES string of the molecule is CS(=O)(=O)/C(C#N)=C(/S)SCC#N.[KH]. The molecule has 0 rings (SSSR count). The molecule has 0 heterocycles. The van der Waals surface area contributed by atoms with Crippen LogP contribution < -0.4 is 0 Å². The maximum absolute atomic E-state index is 10.9. The molecule has 0 aromatic rings. The minimum atomic E-state index is -3.53. The molecule has 0 aliphatic heterocycles. The number of rotatable bonds is 3. The molecular formula is C6H7KN2O2S3. The molecule has 14 heavy (non-hydrogen) atoms. The predicted molar refractivity (Wildman–Crippen MR) is 61.7 cm³/mol. The minimum absolute atomic E-state index is 0. The molecule has 0 amide bonds. The summed E-state index contributed by atoms with van der Waals surface area (Å²) in [6.45, 7) is 0. The normalized spacial score (nSPS) is 11.7. The van der Waals surface area contributed by atoms with Gasteiger partial charge in [0.2, 0.25) is 0 Å². The Morgan fingerprint density at radius 3 is 2.29 bits per heavy atom. The van der Waals surface area contributed by atoms with Gasteiger partial charge < -0.3 is 0 Å². The van der Waals surface area contributed by atoms with Crippen molar-refractivity contribution >= 4 is 85.6 Å². The number of thiol groups is 1. The molecular weight excluding hydrogens is 267 g/mol. The van der Waals surface area contributed by atoms with Crippen LogP contribution in [0.1, 0.15) is 0 Å². The van der Waals surface area contributed by atoms with Crippen LogP contribution in [0.5, 0.6) is 0 Å². The number of allylic oxidation sites excluding steroid dienone is 1. The van der Waals surface area contributed by atoms with E-state index in [4.69, 9.17) is 10.5 Å². The summed E-state index contributed by atoms with van der Waals surface area (Å²) in [6.07, 6.45) is 0.925. The number of hydrogen-bond acceptors (Lipinski definition) is 6. The third-order valence-electron chi connectivity index (χ3n) is 0.940. The number of thioether (sulfide) groups is 1. The Bertz CT molecular complexity index is 402. The molecule has 0 radical (unpaired) electrons. The summed E-state index contributed by atoms with van der Waals surface area (Å²) in [4.78, 5) is -0.393. The molecule has 0 saturated carbocycles. The summed E-state index contributed by atoms with van der Waals surface area (Å²) in [6, 6.07) is 3.34. The van der Waals surface area contributed by atoms with Gasteiger partial charge in [0.05, 0.1) is 16.1 Å². The molecule has 72 valence electrons. The summed E-state index contributed by atoms with van der Waals surface area (Å²) < 4.78 is 21.9. The average molecular weight is 274 g/mol. The topological polar surface area (TPSA) is 81.7 Å².